The van der Waals surface area contributed by atoms with Gasteiger partial charge in [-0.2, -0.15) is 0 Å². The molecule has 0 bridgehead atoms. The van der Waals surface area contributed by atoms with Crippen molar-refractivity contribution in [2.75, 3.05) is 32.7 Å². The van der Waals surface area contributed by atoms with E-state index in [0.717, 1.165) is 19.6 Å². The second-order valence-electron chi connectivity index (χ2n) is 5.24. The van der Waals surface area contributed by atoms with Gasteiger partial charge in [0.25, 0.3) is 0 Å². The number of rotatable bonds is 3. The Kier molecular flexibility index (Phi) is 3.82. The largest absolute Gasteiger partial charge is 0.341 e. The highest BCUT2D eigenvalue weighted by atomic mass is 16.2. The highest BCUT2D eigenvalue weighted by molar-refractivity contribution is 5.76. The Morgan fingerprint density at radius 3 is 2.56 bits per heavy atom. The Labute approximate surface area is 97.8 Å². The van der Waals surface area contributed by atoms with Crippen LogP contribution in [0.3, 0.4) is 0 Å². The van der Waals surface area contributed by atoms with Gasteiger partial charge in [0.2, 0.25) is 5.91 Å². The molecule has 0 aromatic carbocycles. The van der Waals surface area contributed by atoms with Crippen molar-refractivity contribution < 1.29 is 4.79 Å². The van der Waals surface area contributed by atoms with Crippen LogP contribution in [0, 0.1) is 5.92 Å². The molecular weight excluding hydrogens is 202 g/mol. The van der Waals surface area contributed by atoms with Gasteiger partial charge in [-0.3, -0.25) is 4.79 Å². The molecular formula is C12H23N3O. The van der Waals surface area contributed by atoms with Crippen molar-refractivity contribution in [1.82, 2.24) is 9.80 Å². The quantitative estimate of drug-likeness (QED) is 0.750. The van der Waals surface area contributed by atoms with E-state index in [9.17, 15) is 4.79 Å². The van der Waals surface area contributed by atoms with E-state index in [-0.39, 0.29) is 11.9 Å². The van der Waals surface area contributed by atoms with Gasteiger partial charge in [0.15, 0.2) is 0 Å². The number of nitrogens with zero attached hydrogens (tertiary/aromatic N) is 2. The summed E-state index contributed by atoms with van der Waals surface area (Å²) in [6.07, 6.45) is 3.25. The van der Waals surface area contributed by atoms with Crippen LogP contribution in [0.1, 0.15) is 26.2 Å². The summed E-state index contributed by atoms with van der Waals surface area (Å²) in [6.45, 7) is 6.99. The molecule has 0 aromatic rings. The molecule has 2 atom stereocenters. The van der Waals surface area contributed by atoms with Crippen LogP contribution in [0.25, 0.3) is 0 Å². The third-order valence-corrected chi connectivity index (χ3v) is 3.86. The lowest BCUT2D eigenvalue weighted by Crippen LogP contribution is -2.34. The fourth-order valence-electron chi connectivity index (χ4n) is 2.61. The van der Waals surface area contributed by atoms with E-state index >= 15 is 0 Å². The van der Waals surface area contributed by atoms with Gasteiger partial charge in [-0.1, -0.05) is 6.92 Å². The molecule has 0 aliphatic carbocycles. The molecule has 2 aliphatic heterocycles. The van der Waals surface area contributed by atoms with Crippen LogP contribution >= 0.6 is 0 Å². The van der Waals surface area contributed by atoms with Crippen molar-refractivity contribution in [2.24, 2.45) is 11.7 Å². The van der Waals surface area contributed by atoms with Gasteiger partial charge in [0.1, 0.15) is 0 Å². The van der Waals surface area contributed by atoms with Gasteiger partial charge >= 0.3 is 0 Å². The second kappa shape index (κ2) is 5.15. The van der Waals surface area contributed by atoms with Crippen LogP contribution in [0.2, 0.25) is 0 Å². The number of hydrogen-bond donors (Lipinski definition) is 1. The van der Waals surface area contributed by atoms with Gasteiger partial charge in [-0.15, -0.1) is 0 Å². The summed E-state index contributed by atoms with van der Waals surface area (Å²) in [5.74, 6) is 0.738. The third-order valence-electron chi connectivity index (χ3n) is 3.86. The minimum atomic E-state index is 0.177. The minimum Gasteiger partial charge on any atom is -0.341 e. The number of carbonyl (C=O) groups excluding carboxylic acids is 1. The lowest BCUT2D eigenvalue weighted by Gasteiger charge is -2.19. The van der Waals surface area contributed by atoms with E-state index in [0.29, 0.717) is 12.3 Å². The van der Waals surface area contributed by atoms with E-state index < -0.39 is 0 Å². The number of carbonyl (C=O) groups is 1. The summed E-state index contributed by atoms with van der Waals surface area (Å²) < 4.78 is 0. The summed E-state index contributed by atoms with van der Waals surface area (Å²) in [5, 5.41) is 0. The standard InChI is InChI=1S/C12H23N3O/c1-10-8-15(9-11(10)13)12(16)4-7-14-5-2-3-6-14/h10-11H,2-9,13H2,1H3. The van der Waals surface area contributed by atoms with Gasteiger partial charge in [0, 0.05) is 32.1 Å². The van der Waals surface area contributed by atoms with Crippen molar-refractivity contribution in [3.05, 3.63) is 0 Å². The molecule has 0 spiro atoms. The molecule has 1 amide bonds. The Balaban J connectivity index is 1.71. The van der Waals surface area contributed by atoms with Crippen molar-refractivity contribution in [3.63, 3.8) is 0 Å². The summed E-state index contributed by atoms with van der Waals surface area (Å²) in [4.78, 5) is 16.3. The molecule has 2 N–H and O–H groups in total. The smallest absolute Gasteiger partial charge is 0.223 e. The van der Waals surface area contributed by atoms with Gasteiger partial charge in [-0.05, 0) is 31.8 Å². The average molecular weight is 225 g/mol. The molecule has 2 aliphatic rings. The first-order chi connectivity index (χ1) is 7.66. The zero-order valence-corrected chi connectivity index (χ0v) is 10.2. The molecule has 16 heavy (non-hydrogen) atoms. The van der Waals surface area contributed by atoms with E-state index in [1.165, 1.54) is 25.9 Å². The molecule has 2 fully saturated rings. The Morgan fingerprint density at radius 2 is 2.00 bits per heavy atom. The summed E-state index contributed by atoms with van der Waals surface area (Å²) in [7, 11) is 0. The predicted octanol–water partition coefficient (Wildman–Crippen LogP) is 0.278. The van der Waals surface area contributed by atoms with E-state index in [2.05, 4.69) is 11.8 Å². The Bertz CT molecular complexity index is 241. The number of nitrogens with two attached hydrogens (primary N) is 1. The average Bonchev–Trinajstić information content (AvgIpc) is 2.86. The minimum absolute atomic E-state index is 0.177. The molecule has 4 nitrogen and oxygen atoms in total. The normalized spacial score (nSPS) is 31.2. The molecule has 4 heteroatoms. The van der Waals surface area contributed by atoms with Gasteiger partial charge < -0.3 is 15.5 Å². The monoisotopic (exact) mass is 225 g/mol. The molecule has 92 valence electrons. The van der Waals surface area contributed by atoms with Crippen LogP contribution in [-0.2, 0) is 4.79 Å². The number of hydrogen-bond acceptors (Lipinski definition) is 3. The zero-order chi connectivity index (χ0) is 11.5. The molecule has 0 radical (unpaired) electrons. The van der Waals surface area contributed by atoms with Crippen LogP contribution < -0.4 is 5.73 Å². The van der Waals surface area contributed by atoms with Gasteiger partial charge in [-0.25, -0.2) is 0 Å². The fourth-order valence-corrected chi connectivity index (χ4v) is 2.61. The molecule has 2 unspecified atom stereocenters. The summed E-state index contributed by atoms with van der Waals surface area (Å²) in [5.41, 5.74) is 5.92. The lowest BCUT2D eigenvalue weighted by atomic mass is 10.1. The second-order valence-corrected chi connectivity index (χ2v) is 5.24. The lowest BCUT2D eigenvalue weighted by molar-refractivity contribution is -0.130. The third kappa shape index (κ3) is 2.74. The maximum atomic E-state index is 11.9. The zero-order valence-electron chi connectivity index (χ0n) is 10.2. The first kappa shape index (κ1) is 11.9. The van der Waals surface area contributed by atoms with Crippen molar-refractivity contribution in [3.8, 4) is 0 Å². The maximum Gasteiger partial charge on any atom is 0.223 e. The molecule has 2 rings (SSSR count). The molecule has 0 saturated carbocycles. The highest BCUT2D eigenvalue weighted by Gasteiger charge is 2.29. The molecule has 0 aromatic heterocycles. The van der Waals surface area contributed by atoms with Crippen molar-refractivity contribution >= 4 is 5.91 Å². The van der Waals surface area contributed by atoms with Gasteiger partial charge in [0.05, 0.1) is 0 Å². The van der Waals surface area contributed by atoms with Crippen molar-refractivity contribution in [2.45, 2.75) is 32.2 Å². The fraction of sp³-hybridized carbons (Fsp3) is 0.917. The summed E-state index contributed by atoms with van der Waals surface area (Å²) in [6, 6.07) is 0.177. The SMILES string of the molecule is CC1CN(C(=O)CCN2CCCC2)CC1N. The molecule has 2 saturated heterocycles. The van der Waals surface area contributed by atoms with Crippen LogP contribution in [-0.4, -0.2) is 54.5 Å². The first-order valence-electron chi connectivity index (χ1n) is 6.42. The Hall–Kier alpha value is -0.610. The van der Waals surface area contributed by atoms with Crippen LogP contribution in [0.4, 0.5) is 0 Å². The van der Waals surface area contributed by atoms with E-state index in [4.69, 9.17) is 5.73 Å². The highest BCUT2D eigenvalue weighted by Crippen LogP contribution is 2.16. The van der Waals surface area contributed by atoms with E-state index in [1.54, 1.807) is 0 Å². The number of likely N-dealkylation sites (tertiary alicyclic amines) is 2. The Morgan fingerprint density at radius 1 is 1.31 bits per heavy atom. The predicted molar refractivity (Wildman–Crippen MR) is 64.0 cm³/mol. The summed E-state index contributed by atoms with van der Waals surface area (Å²) >= 11 is 0. The molecule has 2 heterocycles. The van der Waals surface area contributed by atoms with Crippen LogP contribution in [0.5, 0.6) is 0 Å². The van der Waals surface area contributed by atoms with Crippen LogP contribution in [0.15, 0.2) is 0 Å². The van der Waals surface area contributed by atoms with E-state index in [1.807, 2.05) is 4.90 Å². The first-order valence-corrected chi connectivity index (χ1v) is 6.42. The van der Waals surface area contributed by atoms with Crippen molar-refractivity contribution in [1.29, 1.82) is 0 Å². The topological polar surface area (TPSA) is 49.6 Å². The maximum absolute atomic E-state index is 11.9. The number of amides is 1.